The number of H-pyrrole nitrogens is 1. The third-order valence-corrected chi connectivity index (χ3v) is 3.39. The van der Waals surface area contributed by atoms with Crippen molar-refractivity contribution in [1.82, 2.24) is 14.9 Å². The minimum absolute atomic E-state index is 0.948. The number of rotatable bonds is 3. The first-order valence-electron chi connectivity index (χ1n) is 6.24. The first kappa shape index (κ1) is 10.6. The van der Waals surface area contributed by atoms with Gasteiger partial charge in [0.1, 0.15) is 5.82 Å². The van der Waals surface area contributed by atoms with Crippen molar-refractivity contribution in [3.63, 3.8) is 0 Å². The third kappa shape index (κ3) is 2.13. The lowest BCUT2D eigenvalue weighted by Gasteiger charge is -2.11. The largest absolute Gasteiger partial charge is 0.388 e. The second-order valence-corrected chi connectivity index (χ2v) is 4.65. The summed E-state index contributed by atoms with van der Waals surface area (Å²) >= 11 is 0. The van der Waals surface area contributed by atoms with Gasteiger partial charge in [-0.1, -0.05) is 0 Å². The highest BCUT2D eigenvalue weighted by atomic mass is 15.2. The zero-order valence-corrected chi connectivity index (χ0v) is 10.2. The smallest absolute Gasteiger partial charge is 0.121 e. The molecule has 1 aromatic carbocycles. The van der Waals surface area contributed by atoms with E-state index in [2.05, 4.69) is 38.4 Å². The van der Waals surface area contributed by atoms with Crippen molar-refractivity contribution in [2.75, 3.05) is 25.5 Å². The molecule has 1 aliphatic heterocycles. The summed E-state index contributed by atoms with van der Waals surface area (Å²) in [6, 6.07) is 6.23. The maximum atomic E-state index is 4.63. The molecule has 1 aliphatic rings. The number of likely N-dealkylation sites (tertiary alicyclic amines) is 1. The molecule has 1 aromatic heterocycles. The quantitative estimate of drug-likeness (QED) is 0.849. The fourth-order valence-electron chi connectivity index (χ4n) is 2.45. The maximum Gasteiger partial charge on any atom is 0.121 e. The summed E-state index contributed by atoms with van der Waals surface area (Å²) in [4.78, 5) is 10.5. The Hall–Kier alpha value is -1.55. The SMILES string of the molecule is CNc1ccc2nc(CN3CCCC3)[nH]c2c1. The van der Waals surface area contributed by atoms with Gasteiger partial charge in [0.15, 0.2) is 0 Å². The number of nitrogens with zero attached hydrogens (tertiary/aromatic N) is 2. The molecule has 1 saturated heterocycles. The van der Waals surface area contributed by atoms with E-state index in [-0.39, 0.29) is 0 Å². The second kappa shape index (κ2) is 4.37. The van der Waals surface area contributed by atoms with Crippen LogP contribution in [-0.4, -0.2) is 35.0 Å². The van der Waals surface area contributed by atoms with Gasteiger partial charge in [-0.3, -0.25) is 4.90 Å². The Balaban J connectivity index is 1.85. The van der Waals surface area contributed by atoms with Gasteiger partial charge in [0.2, 0.25) is 0 Å². The van der Waals surface area contributed by atoms with Crippen LogP contribution < -0.4 is 5.32 Å². The highest BCUT2D eigenvalue weighted by Crippen LogP contribution is 2.18. The topological polar surface area (TPSA) is 44.0 Å². The third-order valence-electron chi connectivity index (χ3n) is 3.39. The van der Waals surface area contributed by atoms with Crippen LogP contribution in [0.3, 0.4) is 0 Å². The predicted molar refractivity (Wildman–Crippen MR) is 70.2 cm³/mol. The van der Waals surface area contributed by atoms with E-state index < -0.39 is 0 Å². The molecule has 4 nitrogen and oxygen atoms in total. The van der Waals surface area contributed by atoms with Crippen LogP contribution in [0.1, 0.15) is 18.7 Å². The van der Waals surface area contributed by atoms with Gasteiger partial charge >= 0.3 is 0 Å². The first-order valence-corrected chi connectivity index (χ1v) is 6.24. The molecule has 90 valence electrons. The number of anilines is 1. The van der Waals surface area contributed by atoms with Crippen LogP contribution >= 0.6 is 0 Å². The van der Waals surface area contributed by atoms with Crippen LogP contribution in [0.15, 0.2) is 18.2 Å². The van der Waals surface area contributed by atoms with Gasteiger partial charge < -0.3 is 10.3 Å². The molecule has 2 aromatic rings. The van der Waals surface area contributed by atoms with Crippen LogP contribution in [0.5, 0.6) is 0 Å². The molecule has 4 heteroatoms. The van der Waals surface area contributed by atoms with E-state index in [0.29, 0.717) is 0 Å². The minimum Gasteiger partial charge on any atom is -0.388 e. The maximum absolute atomic E-state index is 4.63. The number of imidazole rings is 1. The zero-order valence-electron chi connectivity index (χ0n) is 10.2. The van der Waals surface area contributed by atoms with E-state index in [9.17, 15) is 0 Å². The van der Waals surface area contributed by atoms with Crippen LogP contribution in [0.2, 0.25) is 0 Å². The van der Waals surface area contributed by atoms with Crippen LogP contribution in [-0.2, 0) is 6.54 Å². The molecule has 17 heavy (non-hydrogen) atoms. The first-order chi connectivity index (χ1) is 8.35. The van der Waals surface area contributed by atoms with E-state index in [4.69, 9.17) is 0 Å². The van der Waals surface area contributed by atoms with Gasteiger partial charge in [-0.2, -0.15) is 0 Å². The Morgan fingerprint density at radius 2 is 2.18 bits per heavy atom. The molecule has 0 unspecified atom stereocenters. The summed E-state index contributed by atoms with van der Waals surface area (Å²) < 4.78 is 0. The normalized spacial score (nSPS) is 16.8. The van der Waals surface area contributed by atoms with Gasteiger partial charge in [-0.25, -0.2) is 4.98 Å². The average Bonchev–Trinajstić information content (AvgIpc) is 2.96. The minimum atomic E-state index is 0.948. The molecule has 0 saturated carbocycles. The fourth-order valence-corrected chi connectivity index (χ4v) is 2.45. The standard InChI is InChI=1S/C13H18N4/c1-14-10-4-5-11-12(8-10)16-13(15-11)9-17-6-2-3-7-17/h4-5,8,14H,2-3,6-7,9H2,1H3,(H,15,16). The summed E-state index contributed by atoms with van der Waals surface area (Å²) in [6.45, 7) is 3.36. The molecule has 0 atom stereocenters. The monoisotopic (exact) mass is 230 g/mol. The van der Waals surface area contributed by atoms with Gasteiger partial charge in [0.25, 0.3) is 0 Å². The number of hydrogen-bond acceptors (Lipinski definition) is 3. The lowest BCUT2D eigenvalue weighted by Crippen LogP contribution is -2.19. The van der Waals surface area contributed by atoms with Crippen molar-refractivity contribution >= 4 is 16.7 Å². The summed E-state index contributed by atoms with van der Waals surface area (Å²) in [5.41, 5.74) is 3.29. The molecule has 0 radical (unpaired) electrons. The molecule has 0 aliphatic carbocycles. The average molecular weight is 230 g/mol. The van der Waals surface area contributed by atoms with E-state index in [1.54, 1.807) is 0 Å². The number of aromatic nitrogens is 2. The molecule has 0 spiro atoms. The summed E-state index contributed by atoms with van der Waals surface area (Å²) in [6.07, 6.45) is 2.65. The predicted octanol–water partition coefficient (Wildman–Crippen LogP) is 2.20. The Kier molecular flexibility index (Phi) is 2.73. The zero-order chi connectivity index (χ0) is 11.7. The Bertz CT molecular complexity index is 511. The van der Waals surface area contributed by atoms with Gasteiger partial charge in [0, 0.05) is 12.7 Å². The van der Waals surface area contributed by atoms with E-state index >= 15 is 0 Å². The molecule has 2 N–H and O–H groups in total. The highest BCUT2D eigenvalue weighted by molar-refractivity contribution is 5.79. The number of nitrogens with one attached hydrogen (secondary N) is 2. The van der Waals surface area contributed by atoms with E-state index in [1.165, 1.54) is 25.9 Å². The van der Waals surface area contributed by atoms with E-state index in [1.807, 2.05) is 7.05 Å². The van der Waals surface area contributed by atoms with E-state index in [0.717, 1.165) is 29.1 Å². The molecule has 0 amide bonds. The lowest BCUT2D eigenvalue weighted by atomic mass is 10.3. The van der Waals surface area contributed by atoms with Gasteiger partial charge in [-0.15, -0.1) is 0 Å². The van der Waals surface area contributed by atoms with Crippen molar-refractivity contribution in [2.45, 2.75) is 19.4 Å². The van der Waals surface area contributed by atoms with Gasteiger partial charge in [0.05, 0.1) is 17.6 Å². The summed E-state index contributed by atoms with van der Waals surface area (Å²) in [5.74, 6) is 1.08. The summed E-state index contributed by atoms with van der Waals surface area (Å²) in [5, 5.41) is 3.14. The van der Waals surface area contributed by atoms with Crippen molar-refractivity contribution in [2.24, 2.45) is 0 Å². The number of fused-ring (bicyclic) bond motifs is 1. The number of hydrogen-bond donors (Lipinski definition) is 2. The Morgan fingerprint density at radius 3 is 2.94 bits per heavy atom. The van der Waals surface area contributed by atoms with Crippen molar-refractivity contribution in [1.29, 1.82) is 0 Å². The van der Waals surface area contributed by atoms with Crippen LogP contribution in [0.4, 0.5) is 5.69 Å². The second-order valence-electron chi connectivity index (χ2n) is 4.65. The molecule has 1 fully saturated rings. The van der Waals surface area contributed by atoms with Crippen molar-refractivity contribution < 1.29 is 0 Å². The van der Waals surface area contributed by atoms with Crippen LogP contribution in [0.25, 0.3) is 11.0 Å². The Labute approximate surface area is 101 Å². The van der Waals surface area contributed by atoms with Crippen molar-refractivity contribution in [3.05, 3.63) is 24.0 Å². The molecule has 0 bridgehead atoms. The molecular formula is C13H18N4. The van der Waals surface area contributed by atoms with Gasteiger partial charge in [-0.05, 0) is 44.1 Å². The number of benzene rings is 1. The molecule has 3 rings (SSSR count). The highest BCUT2D eigenvalue weighted by Gasteiger charge is 2.13. The van der Waals surface area contributed by atoms with Crippen molar-refractivity contribution in [3.8, 4) is 0 Å². The molecular weight excluding hydrogens is 212 g/mol. The lowest BCUT2D eigenvalue weighted by molar-refractivity contribution is 0.324. The van der Waals surface area contributed by atoms with Crippen LogP contribution in [0, 0.1) is 0 Å². The molecule has 2 heterocycles. The summed E-state index contributed by atoms with van der Waals surface area (Å²) in [7, 11) is 1.93. The fraction of sp³-hybridized carbons (Fsp3) is 0.462. The number of aromatic amines is 1. The Morgan fingerprint density at radius 1 is 1.35 bits per heavy atom.